The van der Waals surface area contributed by atoms with Crippen molar-refractivity contribution in [3.8, 4) is 0 Å². The lowest BCUT2D eigenvalue weighted by Gasteiger charge is -2.56. The first-order chi connectivity index (χ1) is 10.8. The van der Waals surface area contributed by atoms with Crippen LogP contribution >= 0.6 is 0 Å². The third kappa shape index (κ3) is 2.07. The van der Waals surface area contributed by atoms with Crippen LogP contribution in [0.4, 0.5) is 0 Å². The van der Waals surface area contributed by atoms with Gasteiger partial charge in [-0.2, -0.15) is 0 Å². The first kappa shape index (κ1) is 17.2. The van der Waals surface area contributed by atoms with Gasteiger partial charge in [0.05, 0.1) is 12.5 Å². The normalized spacial score (nSPS) is 40.5. The Morgan fingerprint density at radius 1 is 1.30 bits per heavy atom. The second kappa shape index (κ2) is 5.73. The molecule has 0 spiro atoms. The van der Waals surface area contributed by atoms with Gasteiger partial charge < -0.3 is 10.5 Å². The number of carbonyl (C=O) groups excluding carboxylic acids is 1. The van der Waals surface area contributed by atoms with Crippen molar-refractivity contribution in [2.75, 3.05) is 26.2 Å². The molecule has 0 amide bonds. The van der Waals surface area contributed by atoms with Gasteiger partial charge in [0, 0.05) is 12.1 Å². The van der Waals surface area contributed by atoms with E-state index in [4.69, 9.17) is 10.5 Å². The van der Waals surface area contributed by atoms with Gasteiger partial charge in [-0.15, -0.1) is 0 Å². The van der Waals surface area contributed by atoms with E-state index in [1.54, 1.807) is 0 Å². The highest BCUT2D eigenvalue weighted by molar-refractivity contribution is 5.75. The summed E-state index contributed by atoms with van der Waals surface area (Å²) in [5.74, 6) is 0.415. The maximum absolute atomic E-state index is 12.8. The Hall–Kier alpha value is -0.610. The smallest absolute Gasteiger partial charge is 0.312 e. The van der Waals surface area contributed by atoms with Crippen molar-refractivity contribution in [2.24, 2.45) is 28.4 Å². The maximum Gasteiger partial charge on any atom is 0.312 e. The summed E-state index contributed by atoms with van der Waals surface area (Å²) in [5.41, 5.74) is 6.46. The van der Waals surface area contributed by atoms with Crippen molar-refractivity contribution in [3.05, 3.63) is 0 Å². The van der Waals surface area contributed by atoms with E-state index in [2.05, 4.69) is 25.7 Å². The number of fused-ring (bicyclic) bond motifs is 2. The Kier molecular flexibility index (Phi) is 4.29. The quantitative estimate of drug-likeness (QED) is 0.791. The number of nitrogens with zero attached hydrogens (tertiary/aromatic N) is 1. The molecule has 1 saturated heterocycles. The van der Waals surface area contributed by atoms with Crippen LogP contribution in [0.25, 0.3) is 0 Å². The first-order valence-electron chi connectivity index (χ1n) is 9.47. The molecule has 132 valence electrons. The fourth-order valence-electron chi connectivity index (χ4n) is 6.40. The number of ether oxygens (including phenoxy) is 1. The van der Waals surface area contributed by atoms with Gasteiger partial charge in [0.2, 0.25) is 0 Å². The zero-order chi connectivity index (χ0) is 16.9. The lowest BCUT2D eigenvalue weighted by atomic mass is 9.57. The third-order valence-electron chi connectivity index (χ3n) is 8.00. The molecule has 3 rings (SSSR count). The molecule has 2 saturated carbocycles. The second-order valence-corrected chi connectivity index (χ2v) is 8.65. The molecule has 0 aromatic heterocycles. The van der Waals surface area contributed by atoms with E-state index in [-0.39, 0.29) is 28.3 Å². The molecular formula is C19H34N2O2. The van der Waals surface area contributed by atoms with Gasteiger partial charge in [0.25, 0.3) is 0 Å². The molecule has 3 fully saturated rings. The van der Waals surface area contributed by atoms with E-state index in [1.165, 1.54) is 25.7 Å². The minimum atomic E-state index is -0.199. The average Bonchev–Trinajstić information content (AvgIpc) is 3.14. The molecule has 23 heavy (non-hydrogen) atoms. The summed E-state index contributed by atoms with van der Waals surface area (Å²) in [4.78, 5) is 15.5. The van der Waals surface area contributed by atoms with Crippen molar-refractivity contribution in [3.63, 3.8) is 0 Å². The topological polar surface area (TPSA) is 55.6 Å². The Morgan fingerprint density at radius 2 is 1.96 bits per heavy atom. The number of rotatable bonds is 5. The van der Waals surface area contributed by atoms with Crippen LogP contribution in [0.5, 0.6) is 0 Å². The fourth-order valence-corrected chi connectivity index (χ4v) is 6.40. The number of esters is 1. The van der Waals surface area contributed by atoms with Crippen LogP contribution in [0.15, 0.2) is 0 Å². The fraction of sp³-hybridized carbons (Fsp3) is 0.947. The zero-order valence-electron chi connectivity index (χ0n) is 15.4. The summed E-state index contributed by atoms with van der Waals surface area (Å²) in [6.45, 7) is 12.2. The van der Waals surface area contributed by atoms with Gasteiger partial charge in [-0.1, -0.05) is 20.8 Å². The molecule has 1 heterocycles. The lowest BCUT2D eigenvalue weighted by molar-refractivity contribution is -0.161. The van der Waals surface area contributed by atoms with Crippen LogP contribution < -0.4 is 5.73 Å². The molecule has 3 aliphatic rings. The summed E-state index contributed by atoms with van der Waals surface area (Å²) in [7, 11) is 0. The minimum absolute atomic E-state index is 0.0773. The van der Waals surface area contributed by atoms with Crippen molar-refractivity contribution in [2.45, 2.75) is 65.3 Å². The number of hydrogen-bond donors (Lipinski definition) is 1. The Balaban J connectivity index is 2.08. The van der Waals surface area contributed by atoms with Crippen LogP contribution in [0.2, 0.25) is 0 Å². The number of hydrogen-bond acceptors (Lipinski definition) is 4. The molecule has 1 aliphatic heterocycles. The molecule has 4 atom stereocenters. The molecule has 2 N–H and O–H groups in total. The average molecular weight is 322 g/mol. The zero-order valence-corrected chi connectivity index (χ0v) is 15.4. The highest BCUT2D eigenvalue weighted by Crippen LogP contribution is 2.73. The summed E-state index contributed by atoms with van der Waals surface area (Å²) >= 11 is 0. The predicted octanol–water partition coefficient (Wildman–Crippen LogP) is 2.81. The van der Waals surface area contributed by atoms with E-state index in [1.807, 2.05) is 6.92 Å². The van der Waals surface area contributed by atoms with Gasteiger partial charge >= 0.3 is 5.97 Å². The van der Waals surface area contributed by atoms with E-state index < -0.39 is 0 Å². The molecule has 4 nitrogen and oxygen atoms in total. The number of likely N-dealkylation sites (tertiary alicyclic amines) is 1. The number of carbonyl (C=O) groups is 1. The Morgan fingerprint density at radius 3 is 2.39 bits per heavy atom. The molecule has 0 unspecified atom stereocenters. The van der Waals surface area contributed by atoms with E-state index in [0.29, 0.717) is 19.1 Å². The monoisotopic (exact) mass is 322 g/mol. The number of nitrogens with two attached hydrogens (primary N) is 1. The van der Waals surface area contributed by atoms with Gasteiger partial charge in [0.1, 0.15) is 0 Å². The summed E-state index contributed by atoms with van der Waals surface area (Å²) in [6.07, 6.45) is 6.08. The molecule has 0 aromatic rings. The van der Waals surface area contributed by atoms with Crippen LogP contribution in [0.3, 0.4) is 0 Å². The SMILES string of the molecule is CCOC(=O)[C@H](CN)[C@]1(N2CCCC2)C[C@@H]2CC[C@@]1(C)C2(C)C. The molecule has 0 aromatic carbocycles. The van der Waals surface area contributed by atoms with Gasteiger partial charge in [-0.3, -0.25) is 9.69 Å². The van der Waals surface area contributed by atoms with Gasteiger partial charge in [0.15, 0.2) is 0 Å². The minimum Gasteiger partial charge on any atom is -0.466 e. The van der Waals surface area contributed by atoms with Crippen LogP contribution in [-0.4, -0.2) is 42.6 Å². The van der Waals surface area contributed by atoms with Crippen molar-refractivity contribution < 1.29 is 9.53 Å². The maximum atomic E-state index is 12.8. The van der Waals surface area contributed by atoms with Crippen LogP contribution in [-0.2, 0) is 9.53 Å². The Bertz CT molecular complexity index is 472. The molecule has 2 aliphatic carbocycles. The highest BCUT2D eigenvalue weighted by atomic mass is 16.5. The van der Waals surface area contributed by atoms with E-state index >= 15 is 0 Å². The molecular weight excluding hydrogens is 288 g/mol. The third-order valence-corrected chi connectivity index (χ3v) is 8.00. The lowest BCUT2D eigenvalue weighted by Crippen LogP contribution is -2.65. The summed E-state index contributed by atoms with van der Waals surface area (Å²) in [5, 5.41) is 0. The highest BCUT2D eigenvalue weighted by Gasteiger charge is 2.73. The van der Waals surface area contributed by atoms with Crippen LogP contribution in [0.1, 0.15) is 59.8 Å². The van der Waals surface area contributed by atoms with Crippen LogP contribution in [0, 0.1) is 22.7 Å². The van der Waals surface area contributed by atoms with E-state index in [9.17, 15) is 4.79 Å². The Labute approximate surface area is 141 Å². The first-order valence-corrected chi connectivity index (χ1v) is 9.47. The standard InChI is InChI=1S/C19H34N2O2/c1-5-23-16(22)15(13-20)19(21-10-6-7-11-21)12-14-8-9-18(19,4)17(14,2)3/h14-15H,5-13,20H2,1-4H3/t14-,15-,18-,19+/m0/s1. The molecule has 2 bridgehead atoms. The molecule has 0 radical (unpaired) electrons. The van der Waals surface area contributed by atoms with Gasteiger partial charge in [-0.25, -0.2) is 0 Å². The van der Waals surface area contributed by atoms with Crippen molar-refractivity contribution >= 4 is 5.97 Å². The van der Waals surface area contributed by atoms with Crippen molar-refractivity contribution in [1.82, 2.24) is 4.90 Å². The predicted molar refractivity (Wildman–Crippen MR) is 91.9 cm³/mol. The summed E-state index contributed by atoms with van der Waals surface area (Å²) in [6, 6.07) is 0. The second-order valence-electron chi connectivity index (χ2n) is 8.65. The summed E-state index contributed by atoms with van der Waals surface area (Å²) < 4.78 is 5.47. The molecule has 4 heteroatoms. The van der Waals surface area contributed by atoms with Gasteiger partial charge in [-0.05, 0) is 68.9 Å². The van der Waals surface area contributed by atoms with Crippen molar-refractivity contribution in [1.29, 1.82) is 0 Å². The van der Waals surface area contributed by atoms with E-state index in [0.717, 1.165) is 19.5 Å². The largest absolute Gasteiger partial charge is 0.466 e.